The molecule has 0 fully saturated rings. The van der Waals surface area contributed by atoms with E-state index in [0.717, 1.165) is 5.56 Å². The van der Waals surface area contributed by atoms with E-state index in [1.165, 1.54) is 0 Å². The fourth-order valence-corrected chi connectivity index (χ4v) is 0.600. The van der Waals surface area contributed by atoms with Gasteiger partial charge in [0.2, 0.25) is 11.6 Å². The van der Waals surface area contributed by atoms with Gasteiger partial charge >= 0.3 is 0 Å². The first-order valence-corrected chi connectivity index (χ1v) is 2.74. The van der Waals surface area contributed by atoms with Crippen molar-refractivity contribution in [1.29, 1.82) is 0 Å². The van der Waals surface area contributed by atoms with E-state index in [1.54, 1.807) is 6.07 Å². The normalized spacial score (nSPS) is 9.44. The highest BCUT2D eigenvalue weighted by atomic mass is 14.9. The molecule has 3 nitrogen and oxygen atoms in total. The summed E-state index contributed by atoms with van der Waals surface area (Å²) in [7, 11) is 0. The molecule has 0 saturated carbocycles. The van der Waals surface area contributed by atoms with Crippen LogP contribution < -0.4 is 16.5 Å². The topological polar surface area (TPSA) is 66.2 Å². The second-order valence-electron chi connectivity index (χ2n) is 2.01. The Hall–Kier alpha value is -1.25. The first-order chi connectivity index (χ1) is 4.20. The number of pyridine rings is 1. The zero-order valence-corrected chi connectivity index (χ0v) is 5.31. The fraction of sp³-hybridized carbons (Fsp3) is 0.167. The van der Waals surface area contributed by atoms with Gasteiger partial charge in [-0.2, -0.15) is 0 Å². The number of hydrogen-bond donors (Lipinski definition) is 2. The van der Waals surface area contributed by atoms with Gasteiger partial charge < -0.3 is 11.5 Å². The Morgan fingerprint density at radius 2 is 2.00 bits per heavy atom. The van der Waals surface area contributed by atoms with Crippen molar-refractivity contribution < 1.29 is 4.98 Å². The summed E-state index contributed by atoms with van der Waals surface area (Å²) >= 11 is 0. The summed E-state index contributed by atoms with van der Waals surface area (Å²) in [5.74, 6) is 1.23. The Balaban J connectivity index is 3.17. The average molecular weight is 124 g/mol. The Morgan fingerprint density at radius 3 is 2.44 bits per heavy atom. The van der Waals surface area contributed by atoms with Gasteiger partial charge in [-0.05, 0) is 13.0 Å². The van der Waals surface area contributed by atoms with E-state index >= 15 is 0 Å². The van der Waals surface area contributed by atoms with Crippen molar-refractivity contribution in [3.8, 4) is 0 Å². The molecule has 1 aromatic heterocycles. The Bertz CT molecular complexity index is 220. The second kappa shape index (κ2) is 1.93. The molecule has 1 rings (SSSR count). The van der Waals surface area contributed by atoms with E-state index in [2.05, 4.69) is 4.98 Å². The van der Waals surface area contributed by atoms with Gasteiger partial charge in [0.05, 0.1) is 0 Å². The zero-order valence-electron chi connectivity index (χ0n) is 5.31. The van der Waals surface area contributed by atoms with Gasteiger partial charge in [-0.15, -0.1) is 0 Å². The number of aromatic amines is 1. The largest absolute Gasteiger partial charge is 0.319 e. The number of rotatable bonds is 0. The predicted molar refractivity (Wildman–Crippen MR) is 36.6 cm³/mol. The Morgan fingerprint density at radius 1 is 1.33 bits per heavy atom. The molecule has 9 heavy (non-hydrogen) atoms. The van der Waals surface area contributed by atoms with E-state index in [9.17, 15) is 0 Å². The summed E-state index contributed by atoms with van der Waals surface area (Å²) in [4.78, 5) is 2.79. The molecule has 3 heteroatoms. The van der Waals surface area contributed by atoms with E-state index in [4.69, 9.17) is 11.5 Å². The van der Waals surface area contributed by atoms with Crippen molar-refractivity contribution in [2.24, 2.45) is 0 Å². The molecule has 0 radical (unpaired) electrons. The summed E-state index contributed by atoms with van der Waals surface area (Å²) in [6, 6.07) is 3.66. The van der Waals surface area contributed by atoms with Crippen LogP contribution in [0.3, 0.4) is 0 Å². The zero-order chi connectivity index (χ0) is 6.85. The summed E-state index contributed by atoms with van der Waals surface area (Å²) in [5, 5.41) is 0. The SMILES string of the molecule is Cc1ccc(N)[nH+]c1N. The molecule has 0 unspecified atom stereocenters. The van der Waals surface area contributed by atoms with Gasteiger partial charge in [0, 0.05) is 11.6 Å². The number of nitrogens with one attached hydrogen (secondary N) is 1. The fourth-order valence-electron chi connectivity index (χ4n) is 0.600. The van der Waals surface area contributed by atoms with Crippen molar-refractivity contribution in [3.05, 3.63) is 17.7 Å². The molecule has 48 valence electrons. The quantitative estimate of drug-likeness (QED) is 0.510. The number of hydrogen-bond acceptors (Lipinski definition) is 2. The van der Waals surface area contributed by atoms with Crippen LogP contribution in [-0.2, 0) is 0 Å². The molecule has 0 aliphatic rings. The molecule has 1 heterocycles. The average Bonchev–Trinajstić information content (AvgIpc) is 1.80. The number of aromatic nitrogens is 1. The van der Waals surface area contributed by atoms with E-state index < -0.39 is 0 Å². The molecule has 0 bridgehead atoms. The highest BCUT2D eigenvalue weighted by Crippen LogP contribution is 2.02. The molecular formula is C6H10N3+. The number of H-pyrrole nitrogens is 1. The first kappa shape index (κ1) is 5.88. The van der Waals surface area contributed by atoms with Gasteiger partial charge in [0.25, 0.3) is 0 Å². The van der Waals surface area contributed by atoms with Gasteiger partial charge in [0.15, 0.2) is 0 Å². The van der Waals surface area contributed by atoms with Crippen LogP contribution in [0.4, 0.5) is 11.6 Å². The summed E-state index contributed by atoms with van der Waals surface area (Å²) in [6.45, 7) is 1.92. The number of anilines is 2. The lowest BCUT2D eigenvalue weighted by Crippen LogP contribution is -2.16. The second-order valence-corrected chi connectivity index (χ2v) is 2.01. The van der Waals surface area contributed by atoms with E-state index in [1.807, 2.05) is 13.0 Å². The third kappa shape index (κ3) is 1.10. The maximum absolute atomic E-state index is 5.49. The number of nitrogen functional groups attached to an aromatic ring is 2. The molecule has 0 aliphatic carbocycles. The predicted octanol–water partition coefficient (Wildman–Crippen LogP) is -0.0265. The van der Waals surface area contributed by atoms with Crippen LogP contribution in [0, 0.1) is 6.92 Å². The lowest BCUT2D eigenvalue weighted by Gasteiger charge is -1.93. The van der Waals surface area contributed by atoms with Gasteiger partial charge in [-0.25, -0.2) is 4.98 Å². The summed E-state index contributed by atoms with van der Waals surface area (Å²) in [5.41, 5.74) is 11.9. The third-order valence-electron chi connectivity index (χ3n) is 1.22. The van der Waals surface area contributed by atoms with Crippen molar-refractivity contribution in [3.63, 3.8) is 0 Å². The molecule has 0 aliphatic heterocycles. The first-order valence-electron chi connectivity index (χ1n) is 2.74. The minimum atomic E-state index is 0.595. The molecule has 0 spiro atoms. The lowest BCUT2D eigenvalue weighted by atomic mass is 10.3. The summed E-state index contributed by atoms with van der Waals surface area (Å²) in [6.07, 6.45) is 0. The lowest BCUT2D eigenvalue weighted by molar-refractivity contribution is -0.343. The van der Waals surface area contributed by atoms with Gasteiger partial charge in [-0.1, -0.05) is 0 Å². The molecule has 0 amide bonds. The number of nitrogens with two attached hydrogens (primary N) is 2. The van der Waals surface area contributed by atoms with Crippen LogP contribution >= 0.6 is 0 Å². The van der Waals surface area contributed by atoms with E-state index in [-0.39, 0.29) is 0 Å². The highest BCUT2D eigenvalue weighted by molar-refractivity contribution is 5.36. The molecular weight excluding hydrogens is 114 g/mol. The molecule has 0 atom stereocenters. The summed E-state index contributed by atoms with van der Waals surface area (Å²) < 4.78 is 0. The Labute approximate surface area is 53.7 Å². The van der Waals surface area contributed by atoms with Crippen LogP contribution in [-0.4, -0.2) is 0 Å². The monoisotopic (exact) mass is 124 g/mol. The maximum atomic E-state index is 5.49. The van der Waals surface area contributed by atoms with Crippen LogP contribution in [0.15, 0.2) is 12.1 Å². The van der Waals surface area contributed by atoms with Crippen LogP contribution in [0.25, 0.3) is 0 Å². The molecule has 5 N–H and O–H groups in total. The minimum Gasteiger partial charge on any atom is -0.319 e. The van der Waals surface area contributed by atoms with Crippen LogP contribution in [0.5, 0.6) is 0 Å². The van der Waals surface area contributed by atoms with Crippen LogP contribution in [0.2, 0.25) is 0 Å². The van der Waals surface area contributed by atoms with Crippen molar-refractivity contribution in [2.45, 2.75) is 6.92 Å². The Kier molecular flexibility index (Phi) is 1.26. The highest BCUT2D eigenvalue weighted by Gasteiger charge is 1.96. The molecule has 1 aromatic rings. The van der Waals surface area contributed by atoms with Crippen LogP contribution in [0.1, 0.15) is 5.56 Å². The minimum absolute atomic E-state index is 0.595. The standard InChI is InChI=1S/C6H9N3/c1-4-2-3-5(7)9-6(4)8/h2-3H,1H3,(H4,7,8,9)/p+1. The maximum Gasteiger partial charge on any atom is 0.219 e. The molecule has 0 saturated heterocycles. The third-order valence-corrected chi connectivity index (χ3v) is 1.22. The van der Waals surface area contributed by atoms with Crippen molar-refractivity contribution in [1.82, 2.24) is 0 Å². The number of aryl methyl sites for hydroxylation is 1. The van der Waals surface area contributed by atoms with Crippen molar-refractivity contribution >= 4 is 11.6 Å². The van der Waals surface area contributed by atoms with E-state index in [0.29, 0.717) is 11.6 Å². The van der Waals surface area contributed by atoms with Gasteiger partial charge in [0.1, 0.15) is 0 Å². The molecule has 0 aromatic carbocycles. The smallest absolute Gasteiger partial charge is 0.219 e. The van der Waals surface area contributed by atoms with Crippen molar-refractivity contribution in [2.75, 3.05) is 11.5 Å². The van der Waals surface area contributed by atoms with Gasteiger partial charge in [-0.3, -0.25) is 0 Å².